The number of hydrogen-bond acceptors (Lipinski definition) is 3. The molecule has 0 amide bonds. The Labute approximate surface area is 99.8 Å². The molecule has 0 radical (unpaired) electrons. The van der Waals surface area contributed by atoms with Gasteiger partial charge in [-0.3, -0.25) is 0 Å². The second-order valence-electron chi connectivity index (χ2n) is 5.27. The molecule has 4 N–H and O–H groups in total. The second-order valence-corrected chi connectivity index (χ2v) is 5.27. The first-order valence-corrected chi connectivity index (χ1v) is 6.77. The van der Waals surface area contributed by atoms with Crippen molar-refractivity contribution in [3.05, 3.63) is 0 Å². The summed E-state index contributed by atoms with van der Waals surface area (Å²) < 4.78 is 0. The highest BCUT2D eigenvalue weighted by Gasteiger charge is 2.37. The van der Waals surface area contributed by atoms with Crippen molar-refractivity contribution in [3.63, 3.8) is 0 Å². The summed E-state index contributed by atoms with van der Waals surface area (Å²) >= 11 is 0. The molecule has 1 aliphatic carbocycles. The summed E-state index contributed by atoms with van der Waals surface area (Å²) in [6.07, 6.45) is 6.98. The monoisotopic (exact) mass is 228 g/mol. The molecule has 3 unspecified atom stereocenters. The standard InChI is InChI=1S/C13H28N2O/c1-3-12(7-9-16)15-13(10-14)8-5-4-6-11(13)2/h11-12,15-16H,3-10,14H2,1-2H3. The molecule has 3 heteroatoms. The number of nitrogens with two attached hydrogens (primary N) is 1. The van der Waals surface area contributed by atoms with Crippen LogP contribution in [-0.4, -0.2) is 29.8 Å². The summed E-state index contributed by atoms with van der Waals surface area (Å²) in [5, 5.41) is 12.8. The molecule has 1 rings (SSSR count). The minimum Gasteiger partial charge on any atom is -0.396 e. The summed E-state index contributed by atoms with van der Waals surface area (Å²) in [6.45, 7) is 5.46. The summed E-state index contributed by atoms with van der Waals surface area (Å²) in [5.74, 6) is 0.652. The maximum absolute atomic E-state index is 9.05. The van der Waals surface area contributed by atoms with Gasteiger partial charge >= 0.3 is 0 Å². The van der Waals surface area contributed by atoms with E-state index in [1.54, 1.807) is 0 Å². The Morgan fingerprint density at radius 3 is 2.75 bits per heavy atom. The first-order valence-electron chi connectivity index (χ1n) is 6.77. The van der Waals surface area contributed by atoms with Gasteiger partial charge in [0.1, 0.15) is 0 Å². The SMILES string of the molecule is CCC(CCO)NC1(CN)CCCCC1C. The molecule has 16 heavy (non-hydrogen) atoms. The third kappa shape index (κ3) is 3.19. The van der Waals surface area contributed by atoms with Crippen molar-refractivity contribution in [2.75, 3.05) is 13.2 Å². The second kappa shape index (κ2) is 6.58. The number of nitrogens with one attached hydrogen (secondary N) is 1. The van der Waals surface area contributed by atoms with Crippen LogP contribution in [0.15, 0.2) is 0 Å². The van der Waals surface area contributed by atoms with E-state index in [9.17, 15) is 0 Å². The van der Waals surface area contributed by atoms with Crippen LogP contribution in [0.25, 0.3) is 0 Å². The van der Waals surface area contributed by atoms with Crippen LogP contribution in [0.3, 0.4) is 0 Å². The molecule has 0 aromatic rings. The van der Waals surface area contributed by atoms with Gasteiger partial charge in [0, 0.05) is 24.7 Å². The third-order valence-corrected chi connectivity index (χ3v) is 4.28. The van der Waals surface area contributed by atoms with Crippen LogP contribution < -0.4 is 11.1 Å². The Hall–Kier alpha value is -0.120. The van der Waals surface area contributed by atoms with E-state index in [1.807, 2.05) is 0 Å². The largest absolute Gasteiger partial charge is 0.396 e. The van der Waals surface area contributed by atoms with Crippen LogP contribution in [0.1, 0.15) is 52.4 Å². The zero-order valence-electron chi connectivity index (χ0n) is 10.8. The van der Waals surface area contributed by atoms with E-state index >= 15 is 0 Å². The molecular formula is C13H28N2O. The number of aliphatic hydroxyl groups excluding tert-OH is 1. The lowest BCUT2D eigenvalue weighted by molar-refractivity contribution is 0.132. The highest BCUT2D eigenvalue weighted by Crippen LogP contribution is 2.33. The van der Waals surface area contributed by atoms with E-state index in [-0.39, 0.29) is 12.1 Å². The zero-order chi connectivity index (χ0) is 12.0. The summed E-state index contributed by atoms with van der Waals surface area (Å²) in [4.78, 5) is 0. The van der Waals surface area contributed by atoms with Gasteiger partial charge in [0.15, 0.2) is 0 Å². The van der Waals surface area contributed by atoms with Crippen molar-refractivity contribution in [1.82, 2.24) is 5.32 Å². The van der Waals surface area contributed by atoms with Crippen LogP contribution in [0.2, 0.25) is 0 Å². The molecule has 3 nitrogen and oxygen atoms in total. The fourth-order valence-electron chi connectivity index (χ4n) is 2.93. The van der Waals surface area contributed by atoms with Crippen LogP contribution in [-0.2, 0) is 0 Å². The van der Waals surface area contributed by atoms with Gasteiger partial charge < -0.3 is 16.2 Å². The minimum atomic E-state index is 0.119. The van der Waals surface area contributed by atoms with Gasteiger partial charge in [0.25, 0.3) is 0 Å². The third-order valence-electron chi connectivity index (χ3n) is 4.28. The summed E-state index contributed by atoms with van der Waals surface area (Å²) in [5.41, 5.74) is 6.12. The molecule has 96 valence electrons. The molecule has 0 bridgehead atoms. The molecule has 1 fully saturated rings. The van der Waals surface area contributed by atoms with E-state index in [4.69, 9.17) is 10.8 Å². The quantitative estimate of drug-likeness (QED) is 0.648. The van der Waals surface area contributed by atoms with Crippen molar-refractivity contribution in [3.8, 4) is 0 Å². The molecule has 0 aliphatic heterocycles. The lowest BCUT2D eigenvalue weighted by Gasteiger charge is -2.45. The highest BCUT2D eigenvalue weighted by atomic mass is 16.3. The van der Waals surface area contributed by atoms with Crippen LogP contribution >= 0.6 is 0 Å². The fraction of sp³-hybridized carbons (Fsp3) is 1.00. The minimum absolute atomic E-state index is 0.119. The molecular weight excluding hydrogens is 200 g/mol. The van der Waals surface area contributed by atoms with E-state index in [0.29, 0.717) is 12.0 Å². The van der Waals surface area contributed by atoms with Gasteiger partial charge in [0.2, 0.25) is 0 Å². The van der Waals surface area contributed by atoms with Crippen molar-refractivity contribution >= 4 is 0 Å². The number of rotatable bonds is 6. The Morgan fingerprint density at radius 2 is 2.25 bits per heavy atom. The van der Waals surface area contributed by atoms with Crippen LogP contribution in [0.4, 0.5) is 0 Å². The van der Waals surface area contributed by atoms with E-state index in [1.165, 1.54) is 25.7 Å². The maximum Gasteiger partial charge on any atom is 0.0445 e. The Bertz CT molecular complexity index is 198. The molecule has 0 aromatic heterocycles. The summed E-state index contributed by atoms with van der Waals surface area (Å²) in [6, 6.07) is 0.411. The number of aliphatic hydroxyl groups is 1. The van der Waals surface area contributed by atoms with E-state index in [0.717, 1.165) is 19.4 Å². The van der Waals surface area contributed by atoms with Gasteiger partial charge in [-0.2, -0.15) is 0 Å². The molecule has 0 saturated heterocycles. The maximum atomic E-state index is 9.05. The van der Waals surface area contributed by atoms with Crippen molar-refractivity contribution in [2.24, 2.45) is 11.7 Å². The van der Waals surface area contributed by atoms with Gasteiger partial charge in [-0.25, -0.2) is 0 Å². The normalized spacial score (nSPS) is 32.6. The smallest absolute Gasteiger partial charge is 0.0445 e. The lowest BCUT2D eigenvalue weighted by atomic mass is 9.73. The van der Waals surface area contributed by atoms with Gasteiger partial charge in [-0.1, -0.05) is 26.7 Å². The van der Waals surface area contributed by atoms with Crippen molar-refractivity contribution < 1.29 is 5.11 Å². The highest BCUT2D eigenvalue weighted by molar-refractivity contribution is 4.98. The number of hydrogen-bond donors (Lipinski definition) is 3. The van der Waals surface area contributed by atoms with Crippen molar-refractivity contribution in [1.29, 1.82) is 0 Å². The topological polar surface area (TPSA) is 58.3 Å². The van der Waals surface area contributed by atoms with Gasteiger partial charge in [-0.15, -0.1) is 0 Å². The van der Waals surface area contributed by atoms with Gasteiger partial charge in [0.05, 0.1) is 0 Å². The molecule has 0 spiro atoms. The fourth-order valence-corrected chi connectivity index (χ4v) is 2.93. The first-order chi connectivity index (χ1) is 7.68. The van der Waals surface area contributed by atoms with Crippen LogP contribution in [0.5, 0.6) is 0 Å². The Balaban J connectivity index is 2.63. The molecule has 1 saturated carbocycles. The van der Waals surface area contributed by atoms with E-state index in [2.05, 4.69) is 19.2 Å². The Kier molecular flexibility index (Phi) is 5.73. The molecule has 1 aliphatic rings. The first kappa shape index (κ1) is 13.9. The predicted molar refractivity (Wildman–Crippen MR) is 68.3 cm³/mol. The molecule has 3 atom stereocenters. The zero-order valence-corrected chi connectivity index (χ0v) is 10.8. The Morgan fingerprint density at radius 1 is 1.50 bits per heavy atom. The van der Waals surface area contributed by atoms with Crippen LogP contribution in [0, 0.1) is 5.92 Å². The van der Waals surface area contributed by atoms with Crippen molar-refractivity contribution in [2.45, 2.75) is 64.0 Å². The summed E-state index contributed by atoms with van der Waals surface area (Å²) in [7, 11) is 0. The predicted octanol–water partition coefficient (Wildman–Crippen LogP) is 1.64. The van der Waals surface area contributed by atoms with Gasteiger partial charge in [-0.05, 0) is 31.6 Å². The average molecular weight is 228 g/mol. The van der Waals surface area contributed by atoms with E-state index < -0.39 is 0 Å². The lowest BCUT2D eigenvalue weighted by Crippen LogP contribution is -2.60. The average Bonchev–Trinajstić information content (AvgIpc) is 2.31. The molecule has 0 heterocycles. The molecule has 0 aromatic carbocycles.